The number of nitrogens with zero attached hydrogens (tertiary/aromatic N) is 2. The van der Waals surface area contributed by atoms with Gasteiger partial charge < -0.3 is 14.2 Å². The van der Waals surface area contributed by atoms with Crippen molar-refractivity contribution in [2.24, 2.45) is 0 Å². The Hall–Kier alpha value is -2.26. The van der Waals surface area contributed by atoms with Gasteiger partial charge in [0.25, 0.3) is 5.69 Å². The summed E-state index contributed by atoms with van der Waals surface area (Å²) in [5.41, 5.74) is -1.31. The van der Waals surface area contributed by atoms with Crippen LogP contribution in [0.1, 0.15) is 11.9 Å². The summed E-state index contributed by atoms with van der Waals surface area (Å²) < 4.78 is 14.6. The van der Waals surface area contributed by atoms with E-state index in [0.29, 0.717) is 0 Å². The van der Waals surface area contributed by atoms with Crippen LogP contribution in [-0.2, 0) is 9.47 Å². The van der Waals surface area contributed by atoms with Crippen LogP contribution in [0.3, 0.4) is 0 Å². The minimum Gasteiger partial charge on any atom is -0.490 e. The van der Waals surface area contributed by atoms with Crippen LogP contribution >= 0.6 is 0 Å². The van der Waals surface area contributed by atoms with Crippen LogP contribution < -0.4 is 4.74 Å². The van der Waals surface area contributed by atoms with Crippen LogP contribution in [0.25, 0.3) is 0 Å². The van der Waals surface area contributed by atoms with Gasteiger partial charge in [-0.05, 0) is 6.07 Å². The van der Waals surface area contributed by atoms with Gasteiger partial charge in [0.15, 0.2) is 17.6 Å². The third-order valence-electron chi connectivity index (χ3n) is 2.42. The van der Waals surface area contributed by atoms with Gasteiger partial charge in [-0.25, -0.2) is 0 Å². The lowest BCUT2D eigenvalue weighted by molar-refractivity contribution is -0.398. The number of nitro benzene ring substituents is 2. The normalized spacial score (nSPS) is 10.5. The quantitative estimate of drug-likeness (QED) is 0.440. The molecule has 1 rings (SSSR count). The predicted octanol–water partition coefficient (Wildman–Crippen LogP) is 1.80. The van der Waals surface area contributed by atoms with Gasteiger partial charge >= 0.3 is 5.69 Å². The van der Waals surface area contributed by atoms with Gasteiger partial charge in [-0.3, -0.25) is 20.2 Å². The van der Waals surface area contributed by atoms with E-state index in [0.717, 1.165) is 12.1 Å². The predicted molar refractivity (Wildman–Crippen MR) is 63.1 cm³/mol. The fourth-order valence-electron chi connectivity index (χ4n) is 1.65. The lowest BCUT2D eigenvalue weighted by Crippen LogP contribution is -2.11. The van der Waals surface area contributed by atoms with E-state index < -0.39 is 27.5 Å². The molecule has 0 aliphatic heterocycles. The number of benzene rings is 1. The van der Waals surface area contributed by atoms with E-state index in [1.165, 1.54) is 21.3 Å². The molecule has 0 aliphatic carbocycles. The Labute approximate surface area is 108 Å². The second kappa shape index (κ2) is 6.07. The molecule has 0 atom stereocenters. The van der Waals surface area contributed by atoms with E-state index >= 15 is 0 Å². The average Bonchev–Trinajstić information content (AvgIpc) is 2.38. The maximum absolute atomic E-state index is 11.1. The van der Waals surface area contributed by atoms with E-state index in [1.54, 1.807) is 0 Å². The second-order valence-corrected chi connectivity index (χ2v) is 3.37. The van der Waals surface area contributed by atoms with E-state index in [2.05, 4.69) is 0 Å². The summed E-state index contributed by atoms with van der Waals surface area (Å²) in [6, 6.07) is 2.26. The van der Waals surface area contributed by atoms with E-state index in [9.17, 15) is 20.2 Å². The molecule has 0 bridgehead atoms. The first-order chi connectivity index (χ1) is 8.97. The van der Waals surface area contributed by atoms with Crippen molar-refractivity contribution in [3.63, 3.8) is 0 Å². The zero-order chi connectivity index (χ0) is 14.6. The Morgan fingerprint density at radius 2 is 1.63 bits per heavy atom. The lowest BCUT2D eigenvalue weighted by Gasteiger charge is -2.15. The van der Waals surface area contributed by atoms with Gasteiger partial charge in [0.2, 0.25) is 0 Å². The molecular formula is C10H12N2O7. The van der Waals surface area contributed by atoms with Crippen molar-refractivity contribution in [1.29, 1.82) is 0 Å². The van der Waals surface area contributed by atoms with Crippen LogP contribution in [0.4, 0.5) is 11.4 Å². The fraction of sp³-hybridized carbons (Fsp3) is 0.400. The van der Waals surface area contributed by atoms with Crippen LogP contribution in [0, 0.1) is 20.2 Å². The average molecular weight is 272 g/mol. The maximum atomic E-state index is 11.1. The molecule has 0 saturated carbocycles. The summed E-state index contributed by atoms with van der Waals surface area (Å²) in [4.78, 5) is 20.6. The Morgan fingerprint density at radius 1 is 1.05 bits per heavy atom. The highest BCUT2D eigenvalue weighted by molar-refractivity contribution is 5.62. The molecule has 0 aromatic heterocycles. The van der Waals surface area contributed by atoms with E-state index in [-0.39, 0.29) is 11.3 Å². The number of nitro groups is 2. The number of hydrogen-bond donors (Lipinski definition) is 0. The van der Waals surface area contributed by atoms with Gasteiger partial charge in [-0.15, -0.1) is 0 Å². The summed E-state index contributed by atoms with van der Waals surface area (Å²) in [5, 5.41) is 22.1. The standard InChI is InChI=1S/C10H12N2O7/c1-17-7-5-4-6(11(13)14)8(9(7)12(15)16)10(18-2)19-3/h4-5,10H,1-3H3. The molecule has 1 aromatic carbocycles. The number of methoxy groups -OCH3 is 3. The van der Waals surface area contributed by atoms with Crippen molar-refractivity contribution >= 4 is 11.4 Å². The lowest BCUT2D eigenvalue weighted by atomic mass is 10.1. The maximum Gasteiger partial charge on any atom is 0.326 e. The van der Waals surface area contributed by atoms with Gasteiger partial charge in [-0.1, -0.05) is 0 Å². The molecule has 9 heteroatoms. The number of ether oxygens (including phenoxy) is 3. The zero-order valence-electron chi connectivity index (χ0n) is 10.5. The minimum atomic E-state index is -1.24. The molecule has 0 saturated heterocycles. The van der Waals surface area contributed by atoms with Crippen LogP contribution in [0.2, 0.25) is 0 Å². The van der Waals surface area contributed by atoms with Crippen molar-refractivity contribution in [2.75, 3.05) is 21.3 Å². The monoisotopic (exact) mass is 272 g/mol. The van der Waals surface area contributed by atoms with E-state index in [1.807, 2.05) is 0 Å². The molecule has 0 amide bonds. The molecule has 0 unspecified atom stereocenters. The van der Waals surface area contributed by atoms with Crippen LogP contribution in [0.5, 0.6) is 5.75 Å². The largest absolute Gasteiger partial charge is 0.490 e. The second-order valence-electron chi connectivity index (χ2n) is 3.37. The first-order valence-corrected chi connectivity index (χ1v) is 5.03. The molecule has 0 radical (unpaired) electrons. The Kier molecular flexibility index (Phi) is 4.73. The molecular weight excluding hydrogens is 260 g/mol. The van der Waals surface area contributed by atoms with Crippen molar-refractivity contribution in [3.8, 4) is 5.75 Å². The van der Waals surface area contributed by atoms with Gasteiger partial charge in [0.1, 0.15) is 0 Å². The molecule has 104 valence electrons. The third kappa shape index (κ3) is 2.77. The summed E-state index contributed by atoms with van der Waals surface area (Å²) in [5.74, 6) is -0.107. The van der Waals surface area contributed by atoms with Gasteiger partial charge in [0, 0.05) is 20.3 Å². The summed E-state index contributed by atoms with van der Waals surface area (Å²) in [7, 11) is 3.68. The summed E-state index contributed by atoms with van der Waals surface area (Å²) >= 11 is 0. The van der Waals surface area contributed by atoms with Crippen LogP contribution in [-0.4, -0.2) is 31.2 Å². The number of rotatable bonds is 6. The molecule has 0 N–H and O–H groups in total. The Morgan fingerprint density at radius 3 is 2.00 bits per heavy atom. The highest BCUT2D eigenvalue weighted by Gasteiger charge is 2.35. The highest BCUT2D eigenvalue weighted by atomic mass is 16.7. The van der Waals surface area contributed by atoms with Crippen molar-refractivity contribution in [2.45, 2.75) is 6.29 Å². The topological polar surface area (TPSA) is 114 Å². The van der Waals surface area contributed by atoms with Crippen molar-refractivity contribution in [3.05, 3.63) is 37.9 Å². The molecule has 0 fully saturated rings. The van der Waals surface area contributed by atoms with Gasteiger partial charge in [-0.2, -0.15) is 0 Å². The van der Waals surface area contributed by atoms with Gasteiger partial charge in [0.05, 0.1) is 17.0 Å². The van der Waals surface area contributed by atoms with Crippen molar-refractivity contribution in [1.82, 2.24) is 0 Å². The Balaban J connectivity index is 3.67. The molecule has 0 heterocycles. The third-order valence-corrected chi connectivity index (χ3v) is 2.42. The number of hydrogen-bond acceptors (Lipinski definition) is 7. The molecule has 0 spiro atoms. The SMILES string of the molecule is COc1ccc([N+](=O)[O-])c(C(OC)OC)c1[N+](=O)[O-]. The highest BCUT2D eigenvalue weighted by Crippen LogP contribution is 2.41. The Bertz CT molecular complexity index is 499. The van der Waals surface area contributed by atoms with Crippen molar-refractivity contribution < 1.29 is 24.1 Å². The minimum absolute atomic E-state index is 0.107. The summed E-state index contributed by atoms with van der Waals surface area (Å²) in [6.45, 7) is 0. The smallest absolute Gasteiger partial charge is 0.326 e. The van der Waals surface area contributed by atoms with E-state index in [4.69, 9.17) is 14.2 Å². The zero-order valence-corrected chi connectivity index (χ0v) is 10.5. The fourth-order valence-corrected chi connectivity index (χ4v) is 1.65. The first kappa shape index (κ1) is 14.8. The first-order valence-electron chi connectivity index (χ1n) is 5.03. The molecule has 1 aromatic rings. The summed E-state index contributed by atoms with van der Waals surface area (Å²) in [6.07, 6.45) is -1.24. The van der Waals surface area contributed by atoms with Crippen LogP contribution in [0.15, 0.2) is 12.1 Å². The molecule has 9 nitrogen and oxygen atoms in total. The molecule has 0 aliphatic rings. The molecule has 19 heavy (non-hydrogen) atoms.